The van der Waals surface area contributed by atoms with Crippen LogP contribution in [0.1, 0.15) is 17.9 Å². The first-order valence-electron chi connectivity index (χ1n) is 5.44. The molecule has 0 saturated heterocycles. The number of hydrogen-bond donors (Lipinski definition) is 1. The zero-order valence-electron chi connectivity index (χ0n) is 9.25. The molecule has 2 rings (SSSR count). The van der Waals surface area contributed by atoms with E-state index in [9.17, 15) is 9.18 Å². The first-order valence-corrected chi connectivity index (χ1v) is 6.23. The van der Waals surface area contributed by atoms with Crippen molar-refractivity contribution in [3.63, 3.8) is 0 Å². The Bertz CT molecular complexity index is 460. The number of carbonyl (C=O) groups excluding carboxylic acids is 1. The van der Waals surface area contributed by atoms with Crippen LogP contribution in [0.15, 0.2) is 35.3 Å². The monoisotopic (exact) mass is 297 g/mol. The number of hydrogen-bond acceptors (Lipinski definition) is 1. The summed E-state index contributed by atoms with van der Waals surface area (Å²) in [6.07, 6.45) is 0.796. The van der Waals surface area contributed by atoms with E-state index in [2.05, 4.69) is 27.8 Å². The fourth-order valence-corrected chi connectivity index (χ4v) is 2.04. The Morgan fingerprint density at radius 1 is 1.59 bits per heavy atom. The minimum atomic E-state index is -0.248. The van der Waals surface area contributed by atoms with Crippen molar-refractivity contribution in [2.75, 3.05) is 6.54 Å². The highest BCUT2D eigenvalue weighted by atomic mass is 79.9. The Morgan fingerprint density at radius 2 is 2.35 bits per heavy atom. The van der Waals surface area contributed by atoms with E-state index in [1.807, 2.05) is 6.07 Å². The molecule has 1 N–H and O–H groups in total. The predicted molar refractivity (Wildman–Crippen MR) is 68.3 cm³/mol. The molecule has 2 nitrogen and oxygen atoms in total. The molecule has 0 aliphatic heterocycles. The van der Waals surface area contributed by atoms with E-state index in [-0.39, 0.29) is 23.6 Å². The van der Waals surface area contributed by atoms with Crippen molar-refractivity contribution in [3.8, 4) is 0 Å². The summed E-state index contributed by atoms with van der Waals surface area (Å²) in [4.78, 5) is 11.7. The SMILES string of the molecule is C=C(Br)CNC(=O)[C@H]1C[C@H]1c1cccc(F)c1. The maximum absolute atomic E-state index is 13.0. The minimum Gasteiger partial charge on any atom is -0.351 e. The molecule has 1 aliphatic rings. The zero-order valence-corrected chi connectivity index (χ0v) is 10.8. The van der Waals surface area contributed by atoms with Gasteiger partial charge < -0.3 is 5.32 Å². The van der Waals surface area contributed by atoms with Gasteiger partial charge in [-0.15, -0.1) is 0 Å². The van der Waals surface area contributed by atoms with Gasteiger partial charge in [-0.2, -0.15) is 0 Å². The number of benzene rings is 1. The first-order chi connectivity index (χ1) is 8.08. The number of rotatable bonds is 4. The number of carbonyl (C=O) groups is 1. The highest BCUT2D eigenvalue weighted by Crippen LogP contribution is 2.47. The molecule has 1 fully saturated rings. The van der Waals surface area contributed by atoms with E-state index in [1.165, 1.54) is 12.1 Å². The summed E-state index contributed by atoms with van der Waals surface area (Å²) in [5, 5.41) is 2.78. The first kappa shape index (κ1) is 12.3. The summed E-state index contributed by atoms with van der Waals surface area (Å²) in [7, 11) is 0. The van der Waals surface area contributed by atoms with E-state index in [0.29, 0.717) is 6.54 Å². The molecule has 0 spiro atoms. The topological polar surface area (TPSA) is 29.1 Å². The predicted octanol–water partition coefficient (Wildman–Crippen LogP) is 2.95. The third-order valence-corrected chi connectivity index (χ3v) is 3.14. The zero-order chi connectivity index (χ0) is 12.4. The summed E-state index contributed by atoms with van der Waals surface area (Å²) in [5.41, 5.74) is 0.905. The van der Waals surface area contributed by atoms with Gasteiger partial charge in [0.2, 0.25) is 5.91 Å². The van der Waals surface area contributed by atoms with Crippen LogP contribution in [0.2, 0.25) is 0 Å². The Kier molecular flexibility index (Phi) is 3.62. The van der Waals surface area contributed by atoms with Crippen LogP contribution in [-0.2, 0) is 4.79 Å². The highest BCUT2D eigenvalue weighted by Gasteiger charge is 2.43. The molecule has 1 aromatic carbocycles. The van der Waals surface area contributed by atoms with Gasteiger partial charge >= 0.3 is 0 Å². The van der Waals surface area contributed by atoms with E-state index < -0.39 is 0 Å². The van der Waals surface area contributed by atoms with Gasteiger partial charge in [-0.05, 0) is 30.0 Å². The molecule has 0 unspecified atom stereocenters. The second-order valence-electron chi connectivity index (χ2n) is 4.24. The molecular weight excluding hydrogens is 285 g/mol. The van der Waals surface area contributed by atoms with Gasteiger partial charge in [-0.1, -0.05) is 34.6 Å². The Hall–Kier alpha value is -1.16. The van der Waals surface area contributed by atoms with Crippen LogP contribution in [0.4, 0.5) is 4.39 Å². The van der Waals surface area contributed by atoms with Crippen molar-refractivity contribution in [1.82, 2.24) is 5.32 Å². The third kappa shape index (κ3) is 3.16. The average molecular weight is 298 g/mol. The molecule has 1 amide bonds. The van der Waals surface area contributed by atoms with Gasteiger partial charge in [-0.25, -0.2) is 4.39 Å². The Balaban J connectivity index is 1.92. The maximum Gasteiger partial charge on any atom is 0.224 e. The molecule has 1 saturated carbocycles. The van der Waals surface area contributed by atoms with Crippen LogP contribution in [0.25, 0.3) is 0 Å². The van der Waals surface area contributed by atoms with Gasteiger partial charge in [0.15, 0.2) is 0 Å². The standard InChI is InChI=1S/C13H13BrFNO/c1-8(14)7-16-13(17)12-6-11(12)9-3-2-4-10(15)5-9/h2-5,11-12H,1,6-7H2,(H,16,17)/t11-,12-/m0/s1. The molecule has 1 aromatic rings. The summed E-state index contributed by atoms with van der Waals surface area (Å²) < 4.78 is 13.8. The number of halogens is 2. The fraction of sp³-hybridized carbons (Fsp3) is 0.308. The molecule has 1 aliphatic carbocycles. The van der Waals surface area contributed by atoms with Crippen LogP contribution in [-0.4, -0.2) is 12.5 Å². The van der Waals surface area contributed by atoms with Crippen LogP contribution in [0.5, 0.6) is 0 Å². The second-order valence-corrected chi connectivity index (χ2v) is 5.36. The average Bonchev–Trinajstić information content (AvgIpc) is 3.05. The molecule has 2 atom stereocenters. The lowest BCUT2D eigenvalue weighted by Gasteiger charge is -2.03. The van der Waals surface area contributed by atoms with Crippen LogP contribution >= 0.6 is 15.9 Å². The third-order valence-electron chi connectivity index (χ3n) is 2.86. The minimum absolute atomic E-state index is 0.0138. The van der Waals surface area contributed by atoms with E-state index in [0.717, 1.165) is 16.5 Å². The van der Waals surface area contributed by atoms with Crippen molar-refractivity contribution in [2.24, 2.45) is 5.92 Å². The lowest BCUT2D eigenvalue weighted by atomic mass is 10.1. The van der Waals surface area contributed by atoms with Crippen molar-refractivity contribution in [2.45, 2.75) is 12.3 Å². The molecular formula is C13H13BrFNO. The van der Waals surface area contributed by atoms with E-state index in [4.69, 9.17) is 0 Å². The second kappa shape index (κ2) is 5.00. The van der Waals surface area contributed by atoms with Gasteiger partial charge in [-0.3, -0.25) is 4.79 Å². The normalized spacial score (nSPS) is 22.0. The van der Waals surface area contributed by atoms with Gasteiger partial charge in [0.1, 0.15) is 5.82 Å². The molecule has 0 bridgehead atoms. The van der Waals surface area contributed by atoms with Crippen LogP contribution in [0, 0.1) is 11.7 Å². The van der Waals surface area contributed by atoms with Crippen molar-refractivity contribution in [1.29, 1.82) is 0 Å². The lowest BCUT2D eigenvalue weighted by molar-refractivity contribution is -0.122. The van der Waals surface area contributed by atoms with Gasteiger partial charge in [0, 0.05) is 16.9 Å². The van der Waals surface area contributed by atoms with Crippen molar-refractivity contribution in [3.05, 3.63) is 46.7 Å². The van der Waals surface area contributed by atoms with E-state index in [1.54, 1.807) is 6.07 Å². The summed E-state index contributed by atoms with van der Waals surface area (Å²) in [5.74, 6) is -0.0970. The number of amides is 1. The molecule has 0 aromatic heterocycles. The largest absolute Gasteiger partial charge is 0.351 e. The fourth-order valence-electron chi connectivity index (χ4n) is 1.90. The smallest absolute Gasteiger partial charge is 0.224 e. The summed E-state index contributed by atoms with van der Waals surface area (Å²) >= 11 is 3.18. The van der Waals surface area contributed by atoms with Crippen LogP contribution < -0.4 is 5.32 Å². The quantitative estimate of drug-likeness (QED) is 0.910. The maximum atomic E-state index is 13.0. The highest BCUT2D eigenvalue weighted by molar-refractivity contribution is 9.11. The molecule has 0 heterocycles. The number of nitrogens with one attached hydrogen (secondary N) is 1. The lowest BCUT2D eigenvalue weighted by Crippen LogP contribution is -2.26. The molecule has 90 valence electrons. The molecule has 4 heteroatoms. The van der Waals surface area contributed by atoms with Crippen molar-refractivity contribution >= 4 is 21.8 Å². The Morgan fingerprint density at radius 3 is 3.00 bits per heavy atom. The Labute approximate surface area is 108 Å². The van der Waals surface area contributed by atoms with E-state index >= 15 is 0 Å². The van der Waals surface area contributed by atoms with Gasteiger partial charge in [0.25, 0.3) is 0 Å². The van der Waals surface area contributed by atoms with Gasteiger partial charge in [0.05, 0.1) is 0 Å². The molecule has 0 radical (unpaired) electrons. The summed E-state index contributed by atoms with van der Waals surface area (Å²) in [6.45, 7) is 4.08. The molecule has 17 heavy (non-hydrogen) atoms. The van der Waals surface area contributed by atoms with Crippen LogP contribution in [0.3, 0.4) is 0 Å². The summed E-state index contributed by atoms with van der Waals surface area (Å²) in [6, 6.07) is 6.46. The van der Waals surface area contributed by atoms with Crippen molar-refractivity contribution < 1.29 is 9.18 Å².